The molecule has 4 fully saturated rings. The molecule has 0 atom stereocenters. The summed E-state index contributed by atoms with van der Waals surface area (Å²) in [6.07, 6.45) is 8.38. The second-order valence-corrected chi connectivity index (χ2v) is 8.63. The first-order valence-corrected chi connectivity index (χ1v) is 9.27. The van der Waals surface area contributed by atoms with Crippen LogP contribution in [0.1, 0.15) is 75.2 Å². The summed E-state index contributed by atoms with van der Waals surface area (Å²) in [4.78, 5) is 11.9. The molecule has 4 bridgehead atoms. The fraction of sp³-hybridized carbons (Fsp3) is 0.667. The summed E-state index contributed by atoms with van der Waals surface area (Å²) < 4.78 is 6.16. The van der Waals surface area contributed by atoms with Gasteiger partial charge in [-0.2, -0.15) is 0 Å². The molecule has 1 aromatic rings. The highest BCUT2D eigenvalue weighted by Crippen LogP contribution is 2.62. The van der Waals surface area contributed by atoms with E-state index in [0.717, 1.165) is 29.1 Å². The lowest BCUT2D eigenvalue weighted by molar-refractivity contribution is -0.00672. The molecule has 0 aromatic heterocycles. The highest BCUT2D eigenvalue weighted by atomic mass is 16.5. The van der Waals surface area contributed by atoms with Crippen LogP contribution in [0.2, 0.25) is 0 Å². The number of benzene rings is 1. The predicted octanol–water partition coefficient (Wildman–Crippen LogP) is 5.14. The maximum atomic E-state index is 11.9. The molecule has 0 radical (unpaired) electrons. The van der Waals surface area contributed by atoms with E-state index in [9.17, 15) is 4.79 Å². The van der Waals surface area contributed by atoms with E-state index >= 15 is 0 Å². The zero-order chi connectivity index (χ0) is 16.2. The first-order valence-electron chi connectivity index (χ1n) is 9.27. The van der Waals surface area contributed by atoms with Crippen molar-refractivity contribution in [3.8, 4) is 5.75 Å². The van der Waals surface area contributed by atoms with E-state index in [1.807, 2.05) is 12.1 Å². The van der Waals surface area contributed by atoms with Gasteiger partial charge in [0.2, 0.25) is 0 Å². The number of carbonyl (C=O) groups is 1. The molecule has 0 saturated heterocycles. The largest absolute Gasteiger partial charge is 0.491 e. The van der Waals surface area contributed by atoms with Crippen molar-refractivity contribution >= 4 is 5.78 Å². The Bertz CT molecular complexity index is 593. The summed E-state index contributed by atoms with van der Waals surface area (Å²) in [5.74, 6) is 3.87. The fourth-order valence-corrected chi connectivity index (χ4v) is 5.96. The van der Waals surface area contributed by atoms with E-state index < -0.39 is 0 Å². The molecule has 1 aromatic carbocycles. The molecular weight excluding hydrogens is 284 g/mol. The molecule has 2 heteroatoms. The molecule has 4 aliphatic carbocycles. The van der Waals surface area contributed by atoms with Gasteiger partial charge in [0.05, 0.1) is 6.10 Å². The average Bonchev–Trinajstić information content (AvgIpc) is 2.45. The highest BCUT2D eigenvalue weighted by Gasteiger charge is 2.52. The third-order valence-electron chi connectivity index (χ3n) is 6.36. The molecule has 23 heavy (non-hydrogen) atoms. The number of ether oxygens (including phenoxy) is 1. The molecule has 4 saturated carbocycles. The van der Waals surface area contributed by atoms with Gasteiger partial charge in [0, 0.05) is 11.1 Å². The zero-order valence-electron chi connectivity index (χ0n) is 14.6. The molecule has 124 valence electrons. The van der Waals surface area contributed by atoms with Gasteiger partial charge in [0.1, 0.15) is 5.75 Å². The van der Waals surface area contributed by atoms with E-state index in [4.69, 9.17) is 4.74 Å². The first kappa shape index (κ1) is 15.2. The predicted molar refractivity (Wildman–Crippen MR) is 92.1 cm³/mol. The van der Waals surface area contributed by atoms with Crippen LogP contribution in [0.15, 0.2) is 18.2 Å². The number of rotatable bonds is 4. The Hall–Kier alpha value is -1.31. The zero-order valence-corrected chi connectivity index (χ0v) is 14.6. The number of Topliss-reactive ketones (excluding diaryl/α,β-unsaturated/α-hetero) is 1. The lowest BCUT2D eigenvalue weighted by Crippen LogP contribution is -2.48. The van der Waals surface area contributed by atoms with Crippen molar-refractivity contribution in [2.75, 3.05) is 0 Å². The third-order valence-corrected chi connectivity index (χ3v) is 6.36. The number of carbonyl (C=O) groups excluding carboxylic acids is 1. The van der Waals surface area contributed by atoms with Crippen LogP contribution in [0.3, 0.4) is 0 Å². The van der Waals surface area contributed by atoms with Gasteiger partial charge in [-0.15, -0.1) is 0 Å². The van der Waals surface area contributed by atoms with Gasteiger partial charge in [0.25, 0.3) is 0 Å². The van der Waals surface area contributed by atoms with Gasteiger partial charge < -0.3 is 4.74 Å². The van der Waals surface area contributed by atoms with Gasteiger partial charge in [-0.05, 0) is 101 Å². The Balaban J connectivity index is 1.79. The molecule has 0 spiro atoms. The van der Waals surface area contributed by atoms with E-state index in [1.165, 1.54) is 44.1 Å². The van der Waals surface area contributed by atoms with Crippen LogP contribution in [-0.2, 0) is 5.41 Å². The molecule has 2 nitrogen and oxygen atoms in total. The van der Waals surface area contributed by atoms with E-state index in [0.29, 0.717) is 0 Å². The molecule has 0 N–H and O–H groups in total. The van der Waals surface area contributed by atoms with Crippen molar-refractivity contribution in [1.29, 1.82) is 0 Å². The smallest absolute Gasteiger partial charge is 0.159 e. The summed E-state index contributed by atoms with van der Waals surface area (Å²) in [6.45, 7) is 5.84. The standard InChI is InChI=1S/C21H28O2/c1-13(2)23-20-5-4-18(14(3)22)9-19(20)21-10-15-6-16(11-21)8-17(7-15)12-21/h4-5,9,13,15-17H,6-8,10-12H2,1-3H3. The van der Waals surface area contributed by atoms with Crippen molar-refractivity contribution in [2.45, 2.75) is 70.8 Å². The molecule has 0 heterocycles. The van der Waals surface area contributed by atoms with Crippen molar-refractivity contribution in [3.05, 3.63) is 29.3 Å². The van der Waals surface area contributed by atoms with Crippen LogP contribution in [0.25, 0.3) is 0 Å². The van der Waals surface area contributed by atoms with Crippen LogP contribution in [-0.4, -0.2) is 11.9 Å². The quantitative estimate of drug-likeness (QED) is 0.719. The Morgan fingerprint density at radius 2 is 1.65 bits per heavy atom. The minimum absolute atomic E-state index is 0.159. The number of ketones is 1. The van der Waals surface area contributed by atoms with Crippen LogP contribution < -0.4 is 4.74 Å². The van der Waals surface area contributed by atoms with Gasteiger partial charge in [-0.3, -0.25) is 4.79 Å². The summed E-state index contributed by atoms with van der Waals surface area (Å²) >= 11 is 0. The molecule has 4 aliphatic rings. The summed E-state index contributed by atoms with van der Waals surface area (Å²) in [5, 5.41) is 0. The monoisotopic (exact) mass is 312 g/mol. The minimum atomic E-state index is 0.159. The highest BCUT2D eigenvalue weighted by molar-refractivity contribution is 5.94. The lowest BCUT2D eigenvalue weighted by Gasteiger charge is -2.57. The summed E-state index contributed by atoms with van der Waals surface area (Å²) in [7, 11) is 0. The molecule has 0 unspecified atom stereocenters. The second kappa shape index (κ2) is 5.36. The van der Waals surface area contributed by atoms with Gasteiger partial charge in [0.15, 0.2) is 5.78 Å². The molecule has 0 aliphatic heterocycles. The van der Waals surface area contributed by atoms with Gasteiger partial charge in [-0.1, -0.05) is 0 Å². The summed E-state index contributed by atoms with van der Waals surface area (Å²) in [5.41, 5.74) is 2.44. The maximum Gasteiger partial charge on any atom is 0.159 e. The van der Waals surface area contributed by atoms with Crippen molar-refractivity contribution in [1.82, 2.24) is 0 Å². The van der Waals surface area contributed by atoms with E-state index in [1.54, 1.807) is 6.92 Å². The SMILES string of the molecule is CC(=O)c1ccc(OC(C)C)c(C23CC4CC(CC(C4)C2)C3)c1. The fourth-order valence-electron chi connectivity index (χ4n) is 5.96. The van der Waals surface area contributed by atoms with Crippen molar-refractivity contribution in [3.63, 3.8) is 0 Å². The van der Waals surface area contributed by atoms with Crippen LogP contribution in [0.4, 0.5) is 0 Å². The Kier molecular flexibility index (Phi) is 3.55. The maximum absolute atomic E-state index is 11.9. The van der Waals surface area contributed by atoms with Crippen LogP contribution in [0, 0.1) is 17.8 Å². The van der Waals surface area contributed by atoms with E-state index in [2.05, 4.69) is 19.9 Å². The molecule has 0 amide bonds. The normalized spacial score (nSPS) is 34.9. The number of hydrogen-bond acceptors (Lipinski definition) is 2. The Morgan fingerprint density at radius 1 is 1.09 bits per heavy atom. The van der Waals surface area contributed by atoms with Crippen molar-refractivity contribution in [2.24, 2.45) is 17.8 Å². The summed E-state index contributed by atoms with van der Waals surface area (Å²) in [6, 6.07) is 6.14. The Morgan fingerprint density at radius 3 is 2.13 bits per heavy atom. The molecule has 5 rings (SSSR count). The topological polar surface area (TPSA) is 26.3 Å². The minimum Gasteiger partial charge on any atom is -0.491 e. The number of hydrogen-bond donors (Lipinski definition) is 0. The van der Waals surface area contributed by atoms with E-state index in [-0.39, 0.29) is 17.3 Å². The molecular formula is C21H28O2. The average molecular weight is 312 g/mol. The first-order chi connectivity index (χ1) is 10.9. The van der Waals surface area contributed by atoms with Gasteiger partial charge in [-0.25, -0.2) is 0 Å². The lowest BCUT2D eigenvalue weighted by atomic mass is 9.48. The van der Waals surface area contributed by atoms with Crippen LogP contribution in [0.5, 0.6) is 5.75 Å². The van der Waals surface area contributed by atoms with Crippen molar-refractivity contribution < 1.29 is 9.53 Å². The Labute approximate surface area is 139 Å². The van der Waals surface area contributed by atoms with Crippen LogP contribution >= 0.6 is 0 Å². The van der Waals surface area contributed by atoms with Gasteiger partial charge >= 0.3 is 0 Å². The second-order valence-electron chi connectivity index (χ2n) is 8.63. The third kappa shape index (κ3) is 2.60.